The molecule has 3 N–H and O–H groups in total. The van der Waals surface area contributed by atoms with E-state index in [2.05, 4.69) is 0 Å². The maximum Gasteiger partial charge on any atom is 0.161 e. The lowest BCUT2D eigenvalue weighted by Gasteiger charge is -2.26. The van der Waals surface area contributed by atoms with Crippen molar-refractivity contribution in [3.05, 3.63) is 23.8 Å². The Balaban J connectivity index is 0.00000180. The average Bonchev–Trinajstić information content (AvgIpc) is 2.44. The summed E-state index contributed by atoms with van der Waals surface area (Å²) in [5.74, 6) is 1.63. The van der Waals surface area contributed by atoms with Crippen LogP contribution in [0, 0.1) is 5.92 Å². The van der Waals surface area contributed by atoms with Gasteiger partial charge in [-0.05, 0) is 23.6 Å². The van der Waals surface area contributed by atoms with Gasteiger partial charge < -0.3 is 20.3 Å². The van der Waals surface area contributed by atoms with Crippen molar-refractivity contribution in [3.63, 3.8) is 0 Å². The lowest BCUT2D eigenvalue weighted by Crippen LogP contribution is -2.31. The smallest absolute Gasteiger partial charge is 0.161 e. The van der Waals surface area contributed by atoms with Gasteiger partial charge in [0.05, 0.1) is 12.1 Å². The van der Waals surface area contributed by atoms with E-state index in [9.17, 15) is 5.11 Å². The first-order chi connectivity index (χ1) is 8.63. The van der Waals surface area contributed by atoms with E-state index in [1.807, 2.05) is 32.0 Å². The molecule has 108 valence electrons. The Morgan fingerprint density at radius 3 is 2.53 bits per heavy atom. The second kappa shape index (κ2) is 6.98. The van der Waals surface area contributed by atoms with Gasteiger partial charge >= 0.3 is 0 Å². The van der Waals surface area contributed by atoms with Gasteiger partial charge in [-0.25, -0.2) is 0 Å². The molecule has 1 aromatic rings. The van der Waals surface area contributed by atoms with Crippen LogP contribution in [0.15, 0.2) is 18.2 Å². The number of ether oxygens (including phenoxy) is 2. The predicted molar refractivity (Wildman–Crippen MR) is 77.1 cm³/mol. The van der Waals surface area contributed by atoms with Crippen molar-refractivity contribution >= 4 is 12.4 Å². The van der Waals surface area contributed by atoms with Crippen molar-refractivity contribution in [2.45, 2.75) is 32.4 Å². The third-order valence-corrected chi connectivity index (χ3v) is 3.55. The summed E-state index contributed by atoms with van der Waals surface area (Å²) in [5.41, 5.74) is 6.98. The molecule has 1 aliphatic rings. The van der Waals surface area contributed by atoms with E-state index in [1.165, 1.54) is 0 Å². The summed E-state index contributed by atoms with van der Waals surface area (Å²) in [7, 11) is 0. The second-order valence-corrected chi connectivity index (χ2v) is 4.81. The molecule has 1 heterocycles. The Labute approximate surface area is 120 Å². The van der Waals surface area contributed by atoms with Crippen molar-refractivity contribution in [2.75, 3.05) is 13.2 Å². The number of nitrogens with two attached hydrogens (primary N) is 1. The summed E-state index contributed by atoms with van der Waals surface area (Å²) < 4.78 is 11.0. The van der Waals surface area contributed by atoms with Crippen LogP contribution in [0.2, 0.25) is 0 Å². The van der Waals surface area contributed by atoms with Gasteiger partial charge in [0.2, 0.25) is 0 Å². The quantitative estimate of drug-likeness (QED) is 0.892. The maximum atomic E-state index is 10.1. The molecule has 4 nitrogen and oxygen atoms in total. The van der Waals surface area contributed by atoms with E-state index >= 15 is 0 Å². The van der Waals surface area contributed by atoms with Crippen LogP contribution in [0.5, 0.6) is 11.5 Å². The van der Waals surface area contributed by atoms with Gasteiger partial charge in [0, 0.05) is 0 Å². The van der Waals surface area contributed by atoms with Crippen molar-refractivity contribution in [2.24, 2.45) is 11.7 Å². The van der Waals surface area contributed by atoms with Crippen LogP contribution in [-0.4, -0.2) is 24.4 Å². The molecule has 2 rings (SSSR count). The predicted octanol–water partition coefficient (Wildman–Crippen LogP) is 2.29. The summed E-state index contributed by atoms with van der Waals surface area (Å²) in [5, 5.41) is 10.1. The van der Waals surface area contributed by atoms with Gasteiger partial charge in [-0.2, -0.15) is 0 Å². The number of benzene rings is 1. The van der Waals surface area contributed by atoms with E-state index < -0.39 is 12.1 Å². The molecule has 0 radical (unpaired) electrons. The Hall–Kier alpha value is -0.970. The minimum absolute atomic E-state index is 0. The summed E-state index contributed by atoms with van der Waals surface area (Å²) in [6, 6.07) is 5.22. The molecule has 0 aliphatic carbocycles. The van der Waals surface area contributed by atoms with Crippen molar-refractivity contribution < 1.29 is 14.6 Å². The Kier molecular flexibility index (Phi) is 5.91. The number of halogens is 1. The van der Waals surface area contributed by atoms with Gasteiger partial charge in [-0.3, -0.25) is 0 Å². The molecule has 1 aliphatic heterocycles. The van der Waals surface area contributed by atoms with Gasteiger partial charge in [0.25, 0.3) is 0 Å². The lowest BCUT2D eigenvalue weighted by atomic mass is 9.91. The Morgan fingerprint density at radius 2 is 1.89 bits per heavy atom. The maximum absolute atomic E-state index is 10.1. The van der Waals surface area contributed by atoms with Crippen LogP contribution >= 0.6 is 12.4 Å². The monoisotopic (exact) mass is 287 g/mol. The summed E-state index contributed by atoms with van der Waals surface area (Å²) in [6.45, 7) is 5.18. The normalized spacial score (nSPS) is 18.1. The van der Waals surface area contributed by atoms with Crippen molar-refractivity contribution in [3.8, 4) is 11.5 Å². The molecule has 0 amide bonds. The molecular formula is C14H22ClNO3. The fourth-order valence-electron chi connectivity index (χ4n) is 2.06. The van der Waals surface area contributed by atoms with E-state index in [0.717, 1.165) is 17.7 Å². The fraction of sp³-hybridized carbons (Fsp3) is 0.571. The molecule has 0 saturated heterocycles. The first kappa shape index (κ1) is 16.1. The zero-order chi connectivity index (χ0) is 13.1. The molecule has 0 bridgehead atoms. The molecule has 1 unspecified atom stereocenters. The van der Waals surface area contributed by atoms with Gasteiger partial charge in [-0.1, -0.05) is 26.3 Å². The largest absolute Gasteiger partial charge is 0.486 e. The molecule has 0 saturated carbocycles. The van der Waals surface area contributed by atoms with E-state index in [-0.39, 0.29) is 18.3 Å². The van der Waals surface area contributed by atoms with Gasteiger partial charge in [-0.15, -0.1) is 12.4 Å². The second-order valence-electron chi connectivity index (χ2n) is 4.81. The number of hydrogen-bond donors (Lipinski definition) is 2. The third kappa shape index (κ3) is 3.53. The molecule has 19 heavy (non-hydrogen) atoms. The number of aliphatic hydroxyl groups is 1. The fourth-order valence-corrected chi connectivity index (χ4v) is 2.06. The number of hydrogen-bond acceptors (Lipinski definition) is 4. The molecule has 0 aromatic heterocycles. The van der Waals surface area contributed by atoms with E-state index in [4.69, 9.17) is 15.2 Å². The van der Waals surface area contributed by atoms with Gasteiger partial charge in [0.1, 0.15) is 13.2 Å². The van der Waals surface area contributed by atoms with Crippen LogP contribution in [0.4, 0.5) is 0 Å². The Morgan fingerprint density at radius 1 is 1.26 bits per heavy atom. The SMILES string of the molecule is CCC(C)[C@H](O)[C@H](N)c1ccc2c(c1)OCCO2.Cl. The zero-order valence-electron chi connectivity index (χ0n) is 11.3. The van der Waals surface area contributed by atoms with Crippen LogP contribution in [0.1, 0.15) is 31.9 Å². The molecule has 5 heteroatoms. The highest BCUT2D eigenvalue weighted by Crippen LogP contribution is 2.33. The molecule has 3 atom stereocenters. The van der Waals surface area contributed by atoms with Crippen LogP contribution in [0.3, 0.4) is 0 Å². The van der Waals surface area contributed by atoms with Crippen molar-refractivity contribution in [1.29, 1.82) is 0 Å². The first-order valence-electron chi connectivity index (χ1n) is 6.46. The lowest BCUT2D eigenvalue weighted by molar-refractivity contribution is 0.0877. The zero-order valence-corrected chi connectivity index (χ0v) is 12.2. The highest BCUT2D eigenvalue weighted by molar-refractivity contribution is 5.85. The standard InChI is InChI=1S/C14H21NO3.ClH/c1-3-9(2)14(16)13(15)10-4-5-11-12(8-10)18-7-6-17-11;/h4-5,8-9,13-14,16H,3,6-7,15H2,1-2H3;1H/t9?,13-,14+;/m1./s1. The number of rotatable bonds is 4. The minimum atomic E-state index is -0.544. The number of aliphatic hydroxyl groups excluding tert-OH is 1. The van der Waals surface area contributed by atoms with Crippen LogP contribution in [-0.2, 0) is 0 Å². The van der Waals surface area contributed by atoms with Gasteiger partial charge in [0.15, 0.2) is 11.5 Å². The summed E-state index contributed by atoms with van der Waals surface area (Å²) in [4.78, 5) is 0. The highest BCUT2D eigenvalue weighted by atomic mass is 35.5. The number of fused-ring (bicyclic) bond motifs is 1. The minimum Gasteiger partial charge on any atom is -0.486 e. The Bertz CT molecular complexity index is 414. The highest BCUT2D eigenvalue weighted by Gasteiger charge is 2.23. The molecule has 1 aromatic carbocycles. The first-order valence-corrected chi connectivity index (χ1v) is 6.46. The summed E-state index contributed by atoms with van der Waals surface area (Å²) in [6.07, 6.45) is 0.358. The van der Waals surface area contributed by atoms with Crippen LogP contribution in [0.25, 0.3) is 0 Å². The third-order valence-electron chi connectivity index (χ3n) is 3.55. The molecular weight excluding hydrogens is 266 g/mol. The molecule has 0 spiro atoms. The average molecular weight is 288 g/mol. The van der Waals surface area contributed by atoms with E-state index in [0.29, 0.717) is 19.0 Å². The summed E-state index contributed by atoms with van der Waals surface area (Å²) >= 11 is 0. The van der Waals surface area contributed by atoms with E-state index in [1.54, 1.807) is 0 Å². The van der Waals surface area contributed by atoms with Crippen LogP contribution < -0.4 is 15.2 Å². The van der Waals surface area contributed by atoms with Crippen molar-refractivity contribution in [1.82, 2.24) is 0 Å². The topological polar surface area (TPSA) is 64.7 Å². The molecule has 0 fully saturated rings.